The van der Waals surface area contributed by atoms with Crippen LogP contribution in [0.4, 0.5) is 5.69 Å². The van der Waals surface area contributed by atoms with E-state index in [4.69, 9.17) is 4.74 Å². The summed E-state index contributed by atoms with van der Waals surface area (Å²) in [6.45, 7) is 7.96. The first-order valence-electron chi connectivity index (χ1n) is 14.2. The summed E-state index contributed by atoms with van der Waals surface area (Å²) in [4.78, 5) is 29.1. The molecule has 1 N–H and O–H groups in total. The van der Waals surface area contributed by atoms with Crippen molar-refractivity contribution >= 4 is 27.5 Å². The van der Waals surface area contributed by atoms with Crippen LogP contribution in [0.5, 0.6) is 5.75 Å². The van der Waals surface area contributed by atoms with Gasteiger partial charge in [0, 0.05) is 32.0 Å². The Bertz CT molecular complexity index is 1440. The lowest BCUT2D eigenvalue weighted by molar-refractivity contribution is -0.141. The van der Waals surface area contributed by atoms with E-state index in [9.17, 15) is 18.0 Å². The zero-order valence-corrected chi connectivity index (χ0v) is 26.3. The van der Waals surface area contributed by atoms with Crippen molar-refractivity contribution in [2.24, 2.45) is 0 Å². The minimum atomic E-state index is -3.58. The molecular weight excluding hydrogens is 550 g/mol. The van der Waals surface area contributed by atoms with Gasteiger partial charge in [-0.3, -0.25) is 13.9 Å². The maximum Gasteiger partial charge on any atom is 0.243 e. The highest BCUT2D eigenvalue weighted by Gasteiger charge is 2.31. The number of anilines is 1. The number of aryl methyl sites for hydroxylation is 2. The largest absolute Gasteiger partial charge is 0.497 e. The van der Waals surface area contributed by atoms with E-state index in [-0.39, 0.29) is 43.8 Å². The number of hydrogen-bond donors (Lipinski definition) is 1. The molecule has 0 bridgehead atoms. The van der Waals surface area contributed by atoms with Crippen LogP contribution in [0.15, 0.2) is 72.8 Å². The first-order chi connectivity index (χ1) is 19.9. The highest BCUT2D eigenvalue weighted by molar-refractivity contribution is 7.92. The van der Waals surface area contributed by atoms with E-state index >= 15 is 0 Å². The summed E-state index contributed by atoms with van der Waals surface area (Å²) >= 11 is 0. The smallest absolute Gasteiger partial charge is 0.243 e. The van der Waals surface area contributed by atoms with E-state index < -0.39 is 16.1 Å². The second-order valence-electron chi connectivity index (χ2n) is 11.0. The van der Waals surface area contributed by atoms with Crippen molar-refractivity contribution in [3.8, 4) is 5.75 Å². The average Bonchev–Trinajstić information content (AvgIpc) is 2.91. The summed E-state index contributed by atoms with van der Waals surface area (Å²) in [5.41, 5.74) is 4.25. The second kappa shape index (κ2) is 14.9. The van der Waals surface area contributed by atoms with Crippen molar-refractivity contribution in [1.82, 2.24) is 10.2 Å². The Morgan fingerprint density at radius 1 is 0.905 bits per heavy atom. The maximum atomic E-state index is 13.9. The summed E-state index contributed by atoms with van der Waals surface area (Å²) in [6.07, 6.45) is 1.87. The van der Waals surface area contributed by atoms with E-state index in [1.54, 1.807) is 12.0 Å². The molecule has 2 amide bonds. The SMILES string of the molecule is COc1cccc(CN(C(=O)CCCN(c2cc(C)cc(C)c2)S(C)(=O)=O)[C@@H](Cc2ccccc2)C(=O)NC(C)C)c1. The fourth-order valence-electron chi connectivity index (χ4n) is 5.00. The van der Waals surface area contributed by atoms with Crippen molar-refractivity contribution in [2.45, 2.75) is 65.6 Å². The molecule has 0 aromatic heterocycles. The molecule has 0 saturated heterocycles. The molecule has 9 heteroatoms. The number of nitrogens with one attached hydrogen (secondary N) is 1. The van der Waals surface area contributed by atoms with Crippen LogP contribution in [0.1, 0.15) is 48.9 Å². The lowest BCUT2D eigenvalue weighted by atomic mass is 10.0. The van der Waals surface area contributed by atoms with E-state index in [2.05, 4.69) is 5.32 Å². The van der Waals surface area contributed by atoms with Gasteiger partial charge in [0.15, 0.2) is 0 Å². The van der Waals surface area contributed by atoms with Crippen molar-refractivity contribution in [3.63, 3.8) is 0 Å². The number of benzene rings is 3. The number of carbonyl (C=O) groups is 2. The van der Waals surface area contributed by atoms with Crippen molar-refractivity contribution < 1.29 is 22.7 Å². The number of ether oxygens (including phenoxy) is 1. The Balaban J connectivity index is 1.91. The van der Waals surface area contributed by atoms with Gasteiger partial charge in [-0.25, -0.2) is 8.42 Å². The van der Waals surface area contributed by atoms with Crippen molar-refractivity contribution in [1.29, 1.82) is 0 Å². The van der Waals surface area contributed by atoms with Crippen LogP contribution in [0.25, 0.3) is 0 Å². The van der Waals surface area contributed by atoms with E-state index in [0.717, 1.165) is 22.3 Å². The Labute approximate surface area is 250 Å². The molecule has 3 aromatic carbocycles. The monoisotopic (exact) mass is 593 g/mol. The maximum absolute atomic E-state index is 13.9. The third-order valence-corrected chi connectivity index (χ3v) is 8.03. The van der Waals surface area contributed by atoms with Crippen LogP contribution in [0.3, 0.4) is 0 Å². The van der Waals surface area contributed by atoms with Crippen LogP contribution >= 0.6 is 0 Å². The molecule has 3 rings (SSSR count). The molecule has 0 spiro atoms. The Kier molecular flexibility index (Phi) is 11.6. The quantitative estimate of drug-likeness (QED) is 0.283. The van der Waals surface area contributed by atoms with E-state index in [1.165, 1.54) is 10.6 Å². The summed E-state index contributed by atoms with van der Waals surface area (Å²) in [6, 6.07) is 21.8. The van der Waals surface area contributed by atoms with Crippen LogP contribution < -0.4 is 14.4 Å². The molecule has 1 atom stereocenters. The Morgan fingerprint density at radius 3 is 2.14 bits per heavy atom. The minimum absolute atomic E-state index is 0.0705. The first-order valence-corrected chi connectivity index (χ1v) is 16.0. The normalized spacial score (nSPS) is 12.1. The zero-order valence-electron chi connectivity index (χ0n) is 25.5. The molecule has 0 aliphatic rings. The lowest BCUT2D eigenvalue weighted by Crippen LogP contribution is -2.51. The van der Waals surface area contributed by atoms with Gasteiger partial charge in [0.25, 0.3) is 0 Å². The predicted molar refractivity (Wildman–Crippen MR) is 168 cm³/mol. The molecule has 3 aromatic rings. The molecule has 226 valence electrons. The van der Waals surface area contributed by atoms with Gasteiger partial charge in [-0.1, -0.05) is 48.5 Å². The molecule has 8 nitrogen and oxygen atoms in total. The summed E-state index contributed by atoms with van der Waals surface area (Å²) < 4.78 is 32.2. The van der Waals surface area contributed by atoms with Gasteiger partial charge in [-0.15, -0.1) is 0 Å². The number of carbonyl (C=O) groups excluding carboxylic acids is 2. The zero-order chi connectivity index (χ0) is 30.9. The fourth-order valence-corrected chi connectivity index (χ4v) is 5.95. The number of methoxy groups -OCH3 is 1. The summed E-state index contributed by atoms with van der Waals surface area (Å²) in [7, 11) is -2.00. The van der Waals surface area contributed by atoms with Gasteiger partial charge in [0.1, 0.15) is 11.8 Å². The molecule has 0 aliphatic heterocycles. The van der Waals surface area contributed by atoms with Gasteiger partial charge in [-0.05, 0) is 80.6 Å². The third-order valence-electron chi connectivity index (χ3n) is 6.84. The van der Waals surface area contributed by atoms with Gasteiger partial charge >= 0.3 is 0 Å². The highest BCUT2D eigenvalue weighted by atomic mass is 32.2. The molecule has 0 heterocycles. The highest BCUT2D eigenvalue weighted by Crippen LogP contribution is 2.23. The fraction of sp³-hybridized carbons (Fsp3) is 0.394. The molecule has 0 unspecified atom stereocenters. The second-order valence-corrected chi connectivity index (χ2v) is 12.9. The number of hydrogen-bond acceptors (Lipinski definition) is 5. The standard InChI is InChI=1S/C33H43N3O5S/c1-24(2)34-33(38)31(22-27-12-8-7-9-13-27)35(23-28-14-10-15-30(21-28)41-5)32(37)16-11-17-36(42(6,39)40)29-19-25(3)18-26(4)20-29/h7-10,12-15,18-21,24,31H,11,16-17,22-23H2,1-6H3,(H,34,38)/t31-/m0/s1. The molecule has 0 aliphatic carbocycles. The Morgan fingerprint density at radius 2 is 1.55 bits per heavy atom. The van der Waals surface area contributed by atoms with Crippen LogP contribution in [-0.4, -0.2) is 57.1 Å². The van der Waals surface area contributed by atoms with Crippen LogP contribution in [0.2, 0.25) is 0 Å². The van der Waals surface area contributed by atoms with Gasteiger partial charge < -0.3 is 15.0 Å². The van der Waals surface area contributed by atoms with E-state index in [0.29, 0.717) is 17.9 Å². The van der Waals surface area contributed by atoms with E-state index in [1.807, 2.05) is 100 Å². The van der Waals surface area contributed by atoms with Gasteiger partial charge in [0.2, 0.25) is 21.8 Å². The predicted octanol–water partition coefficient (Wildman–Crippen LogP) is 5.02. The van der Waals surface area contributed by atoms with Gasteiger partial charge in [0.05, 0.1) is 19.1 Å². The summed E-state index contributed by atoms with van der Waals surface area (Å²) in [5.74, 6) is 0.188. The lowest BCUT2D eigenvalue weighted by Gasteiger charge is -2.32. The van der Waals surface area contributed by atoms with Crippen molar-refractivity contribution in [2.75, 3.05) is 24.2 Å². The third kappa shape index (κ3) is 9.62. The van der Waals surface area contributed by atoms with Gasteiger partial charge in [-0.2, -0.15) is 0 Å². The molecule has 0 fully saturated rings. The molecule has 0 saturated carbocycles. The first kappa shape index (κ1) is 32.7. The molecule has 42 heavy (non-hydrogen) atoms. The molecule has 0 radical (unpaired) electrons. The number of sulfonamides is 1. The number of nitrogens with zero attached hydrogens (tertiary/aromatic N) is 2. The minimum Gasteiger partial charge on any atom is -0.497 e. The van der Waals surface area contributed by atoms with Crippen molar-refractivity contribution in [3.05, 3.63) is 95.1 Å². The Hall–Kier alpha value is -3.85. The topological polar surface area (TPSA) is 96.0 Å². The number of amides is 2. The summed E-state index contributed by atoms with van der Waals surface area (Å²) in [5, 5.41) is 2.99. The molecular formula is C33H43N3O5S. The van der Waals surface area contributed by atoms with Crippen LogP contribution in [0, 0.1) is 13.8 Å². The average molecular weight is 594 g/mol. The van der Waals surface area contributed by atoms with Crippen LogP contribution in [-0.2, 0) is 32.6 Å². The number of rotatable bonds is 14.